The maximum atomic E-state index is 9.17. The van der Waals surface area contributed by atoms with Gasteiger partial charge >= 0.3 is 0 Å². The molecule has 0 amide bonds. The molecular formula is C27H29N3O3. The molecule has 170 valence electrons. The Morgan fingerprint density at radius 2 is 1.18 bits per heavy atom. The van der Waals surface area contributed by atoms with Crippen LogP contribution in [0, 0.1) is 5.92 Å². The van der Waals surface area contributed by atoms with Gasteiger partial charge in [-0.25, -0.2) is 0 Å². The summed E-state index contributed by atoms with van der Waals surface area (Å²) < 4.78 is 18.8. The van der Waals surface area contributed by atoms with Crippen LogP contribution in [0.3, 0.4) is 0 Å². The van der Waals surface area contributed by atoms with Gasteiger partial charge in [0.05, 0.1) is 44.7 Å². The molecule has 6 nitrogen and oxygen atoms in total. The topological polar surface area (TPSA) is 76.5 Å². The van der Waals surface area contributed by atoms with E-state index in [1.165, 1.54) is 0 Å². The van der Waals surface area contributed by atoms with Gasteiger partial charge in [-0.1, -0.05) is 96.1 Å². The summed E-state index contributed by atoms with van der Waals surface area (Å²) >= 11 is 0. The molecule has 0 saturated heterocycles. The van der Waals surface area contributed by atoms with Gasteiger partial charge in [0.25, 0.3) is 0 Å². The van der Waals surface area contributed by atoms with Gasteiger partial charge < -0.3 is 14.2 Å². The lowest BCUT2D eigenvalue weighted by Gasteiger charge is -2.27. The molecule has 0 aromatic heterocycles. The van der Waals surface area contributed by atoms with E-state index in [0.29, 0.717) is 32.8 Å². The highest BCUT2D eigenvalue weighted by molar-refractivity contribution is 5.15. The molecule has 1 aliphatic carbocycles. The number of hydrogen-bond acceptors (Lipinski definition) is 4. The van der Waals surface area contributed by atoms with E-state index in [1.54, 1.807) is 0 Å². The molecular weight excluding hydrogens is 414 g/mol. The third-order valence-electron chi connectivity index (χ3n) is 5.93. The van der Waals surface area contributed by atoms with Crippen molar-refractivity contribution in [2.24, 2.45) is 11.0 Å². The van der Waals surface area contributed by atoms with Gasteiger partial charge in [-0.05, 0) is 28.6 Å². The predicted octanol–water partition coefficient (Wildman–Crippen LogP) is 6.07. The average Bonchev–Trinajstić information content (AvgIpc) is 3.19. The second-order valence-electron chi connectivity index (χ2n) is 8.29. The van der Waals surface area contributed by atoms with Crippen molar-refractivity contribution in [2.75, 3.05) is 6.61 Å². The zero-order valence-electron chi connectivity index (χ0n) is 18.6. The van der Waals surface area contributed by atoms with Crippen molar-refractivity contribution in [1.29, 1.82) is 0 Å². The highest BCUT2D eigenvalue weighted by Crippen LogP contribution is 2.35. The van der Waals surface area contributed by atoms with Gasteiger partial charge in [0, 0.05) is 10.8 Å². The van der Waals surface area contributed by atoms with Crippen molar-refractivity contribution in [3.8, 4) is 0 Å². The van der Waals surface area contributed by atoms with Crippen LogP contribution in [0.25, 0.3) is 10.4 Å². The molecule has 1 saturated carbocycles. The van der Waals surface area contributed by atoms with Gasteiger partial charge in [-0.15, -0.1) is 0 Å². The lowest BCUT2D eigenvalue weighted by Crippen LogP contribution is -2.36. The van der Waals surface area contributed by atoms with E-state index in [-0.39, 0.29) is 24.2 Å². The molecule has 1 unspecified atom stereocenters. The lowest BCUT2D eigenvalue weighted by molar-refractivity contribution is -0.0976. The fourth-order valence-corrected chi connectivity index (χ4v) is 4.28. The van der Waals surface area contributed by atoms with E-state index in [0.717, 1.165) is 16.7 Å². The first-order chi connectivity index (χ1) is 16.3. The minimum atomic E-state index is -0.338. The third kappa shape index (κ3) is 6.67. The Balaban J connectivity index is 1.46. The molecule has 4 rings (SSSR count). The molecule has 1 aliphatic rings. The summed E-state index contributed by atoms with van der Waals surface area (Å²) in [6, 6.07) is 29.9. The summed E-state index contributed by atoms with van der Waals surface area (Å²) in [5.41, 5.74) is 12.5. The molecule has 0 radical (unpaired) electrons. The van der Waals surface area contributed by atoms with E-state index in [9.17, 15) is 0 Å². The van der Waals surface area contributed by atoms with Crippen molar-refractivity contribution >= 4 is 0 Å². The Labute approximate surface area is 194 Å². The fourth-order valence-electron chi connectivity index (χ4n) is 4.28. The lowest BCUT2D eigenvalue weighted by atomic mass is 10.1. The highest BCUT2D eigenvalue weighted by Gasteiger charge is 2.44. The van der Waals surface area contributed by atoms with E-state index >= 15 is 0 Å². The van der Waals surface area contributed by atoms with Gasteiger partial charge in [-0.2, -0.15) is 0 Å². The van der Waals surface area contributed by atoms with Crippen molar-refractivity contribution in [1.82, 2.24) is 0 Å². The largest absolute Gasteiger partial charge is 0.376 e. The second-order valence-corrected chi connectivity index (χ2v) is 8.29. The van der Waals surface area contributed by atoms with Crippen LogP contribution in [0.5, 0.6) is 0 Å². The van der Waals surface area contributed by atoms with Crippen LogP contribution >= 0.6 is 0 Å². The molecule has 3 aromatic carbocycles. The number of rotatable bonds is 11. The van der Waals surface area contributed by atoms with Gasteiger partial charge in [0.2, 0.25) is 0 Å². The van der Waals surface area contributed by atoms with Crippen LogP contribution in [0.4, 0.5) is 0 Å². The molecule has 0 bridgehead atoms. The van der Waals surface area contributed by atoms with Crippen molar-refractivity contribution in [2.45, 2.75) is 44.5 Å². The van der Waals surface area contributed by atoms with Crippen molar-refractivity contribution < 1.29 is 14.2 Å². The van der Waals surface area contributed by atoms with Crippen molar-refractivity contribution in [3.63, 3.8) is 0 Å². The van der Waals surface area contributed by atoms with Gasteiger partial charge in [0.15, 0.2) is 0 Å². The summed E-state index contributed by atoms with van der Waals surface area (Å²) in [5, 5.41) is 4.06. The standard InChI is InChI=1S/C27H29N3O3/c28-30-29-25-16-24(20-31-17-21-10-4-1-5-11-21)26(32-18-22-12-6-2-7-13-22)27(25)33-19-23-14-8-3-9-15-23/h1-15,24-27H,16-20H2/t24-,25+,26-,27?/m1/s1. The number of nitrogens with zero attached hydrogens (tertiary/aromatic N) is 3. The Kier molecular flexibility index (Phi) is 8.50. The smallest absolute Gasteiger partial charge is 0.0929 e. The van der Waals surface area contributed by atoms with Crippen LogP contribution in [-0.4, -0.2) is 24.9 Å². The molecule has 0 N–H and O–H groups in total. The molecule has 0 heterocycles. The normalized spacial score (nSPS) is 22.1. The SMILES string of the molecule is [N-]=[N+]=N[C@H]1C[C@H](COCc2ccccc2)[C@@H](OCc2ccccc2)C1OCc1ccccc1. The first kappa shape index (κ1) is 23.0. The summed E-state index contributed by atoms with van der Waals surface area (Å²) in [4.78, 5) is 3.09. The van der Waals surface area contributed by atoms with Gasteiger partial charge in [0.1, 0.15) is 0 Å². The maximum Gasteiger partial charge on any atom is 0.0929 e. The number of hydrogen-bond donors (Lipinski definition) is 0. The third-order valence-corrected chi connectivity index (χ3v) is 5.93. The summed E-state index contributed by atoms with van der Waals surface area (Å²) in [6.45, 7) is 1.95. The molecule has 6 heteroatoms. The van der Waals surface area contributed by atoms with Crippen LogP contribution in [-0.2, 0) is 34.0 Å². The minimum Gasteiger partial charge on any atom is -0.376 e. The Hall–Kier alpha value is -3.15. The zero-order valence-corrected chi connectivity index (χ0v) is 18.6. The van der Waals surface area contributed by atoms with E-state index in [1.807, 2.05) is 91.0 Å². The molecule has 4 atom stereocenters. The number of azide groups is 1. The molecule has 1 fully saturated rings. The second kappa shape index (κ2) is 12.2. The molecule has 0 aliphatic heterocycles. The Morgan fingerprint density at radius 3 is 1.70 bits per heavy atom. The van der Waals surface area contributed by atoms with Crippen LogP contribution in [0.15, 0.2) is 96.1 Å². The number of ether oxygens (including phenoxy) is 3. The molecule has 33 heavy (non-hydrogen) atoms. The quantitative estimate of drug-likeness (QED) is 0.205. The fraction of sp³-hybridized carbons (Fsp3) is 0.333. The zero-order chi connectivity index (χ0) is 22.7. The van der Waals surface area contributed by atoms with Gasteiger partial charge in [-0.3, -0.25) is 0 Å². The van der Waals surface area contributed by atoms with E-state index in [4.69, 9.17) is 19.7 Å². The first-order valence-electron chi connectivity index (χ1n) is 11.3. The Morgan fingerprint density at radius 1 is 0.697 bits per heavy atom. The predicted molar refractivity (Wildman–Crippen MR) is 127 cm³/mol. The molecule has 3 aromatic rings. The monoisotopic (exact) mass is 443 g/mol. The number of benzene rings is 3. The first-order valence-corrected chi connectivity index (χ1v) is 11.3. The Bertz CT molecular complexity index is 1010. The molecule has 0 spiro atoms. The van der Waals surface area contributed by atoms with E-state index < -0.39 is 0 Å². The van der Waals surface area contributed by atoms with Crippen LogP contribution < -0.4 is 0 Å². The van der Waals surface area contributed by atoms with Crippen LogP contribution in [0.1, 0.15) is 23.1 Å². The van der Waals surface area contributed by atoms with Crippen molar-refractivity contribution in [3.05, 3.63) is 118 Å². The summed E-state index contributed by atoms with van der Waals surface area (Å²) in [5.74, 6) is 0.0636. The summed E-state index contributed by atoms with van der Waals surface area (Å²) in [6.07, 6.45) is 0.0907. The highest BCUT2D eigenvalue weighted by atomic mass is 16.5. The maximum absolute atomic E-state index is 9.17. The minimum absolute atomic E-state index is 0.0636. The summed E-state index contributed by atoms with van der Waals surface area (Å²) in [7, 11) is 0. The van der Waals surface area contributed by atoms with E-state index in [2.05, 4.69) is 10.0 Å². The van der Waals surface area contributed by atoms with Crippen LogP contribution in [0.2, 0.25) is 0 Å². The average molecular weight is 444 g/mol.